The molecule has 3 atom stereocenters. The summed E-state index contributed by atoms with van der Waals surface area (Å²) in [5.41, 5.74) is 0.894. The molecule has 0 bridgehead atoms. The van der Waals surface area contributed by atoms with Crippen LogP contribution < -0.4 is 10.1 Å². The molecular weight excluding hydrogens is 256 g/mol. The Morgan fingerprint density at radius 3 is 2.75 bits per heavy atom. The summed E-state index contributed by atoms with van der Waals surface area (Å²) < 4.78 is 5.10. The van der Waals surface area contributed by atoms with Crippen molar-refractivity contribution in [2.75, 3.05) is 12.4 Å². The predicted molar refractivity (Wildman–Crippen MR) is 79.2 cm³/mol. The van der Waals surface area contributed by atoms with E-state index in [0.29, 0.717) is 17.7 Å². The van der Waals surface area contributed by atoms with E-state index < -0.39 is 4.92 Å². The number of nitrogens with one attached hydrogen (secondary N) is 1. The van der Waals surface area contributed by atoms with Crippen LogP contribution in [0.2, 0.25) is 0 Å². The zero-order valence-electron chi connectivity index (χ0n) is 12.3. The lowest BCUT2D eigenvalue weighted by molar-refractivity contribution is -0.385. The van der Waals surface area contributed by atoms with Gasteiger partial charge in [-0.1, -0.05) is 20.3 Å². The van der Waals surface area contributed by atoms with Gasteiger partial charge in [0.05, 0.1) is 12.0 Å². The monoisotopic (exact) mass is 278 g/mol. The molecule has 0 heterocycles. The molecule has 1 aliphatic carbocycles. The number of nitro benzene ring substituents is 1. The number of ether oxygens (including phenoxy) is 1. The molecule has 0 radical (unpaired) electrons. The summed E-state index contributed by atoms with van der Waals surface area (Å²) in [6.45, 7) is 4.51. The molecule has 1 fully saturated rings. The third kappa shape index (κ3) is 2.86. The van der Waals surface area contributed by atoms with E-state index in [1.807, 2.05) is 0 Å². The van der Waals surface area contributed by atoms with Gasteiger partial charge >= 0.3 is 5.69 Å². The topological polar surface area (TPSA) is 64.4 Å². The Bertz CT molecular complexity index is 490. The Morgan fingerprint density at radius 2 is 2.20 bits per heavy atom. The standard InChI is InChI=1S/C15H22N2O3/c1-4-11-5-7-13(10(11)2)16-12-6-8-14(17(18)19)15(9-12)20-3/h6,8-11,13,16H,4-5,7H2,1-3H3. The number of methoxy groups -OCH3 is 1. The Balaban J connectivity index is 2.13. The van der Waals surface area contributed by atoms with Crippen LogP contribution in [-0.2, 0) is 0 Å². The molecule has 1 saturated carbocycles. The van der Waals surface area contributed by atoms with Gasteiger partial charge in [0.2, 0.25) is 0 Å². The zero-order chi connectivity index (χ0) is 14.7. The number of rotatable bonds is 5. The quantitative estimate of drug-likeness (QED) is 0.656. The molecule has 20 heavy (non-hydrogen) atoms. The lowest BCUT2D eigenvalue weighted by Gasteiger charge is -2.22. The van der Waals surface area contributed by atoms with Crippen LogP contribution in [0.4, 0.5) is 11.4 Å². The molecule has 110 valence electrons. The van der Waals surface area contributed by atoms with Gasteiger partial charge in [0.1, 0.15) is 0 Å². The van der Waals surface area contributed by atoms with E-state index in [1.165, 1.54) is 26.0 Å². The Kier molecular flexibility index (Phi) is 4.47. The van der Waals surface area contributed by atoms with Crippen molar-refractivity contribution in [2.24, 2.45) is 11.8 Å². The van der Waals surface area contributed by atoms with Crippen LogP contribution in [0.3, 0.4) is 0 Å². The van der Waals surface area contributed by atoms with Crippen molar-refractivity contribution in [1.82, 2.24) is 0 Å². The molecule has 2 rings (SSSR count). The Labute approximate surface area is 119 Å². The number of anilines is 1. The van der Waals surface area contributed by atoms with E-state index in [2.05, 4.69) is 19.2 Å². The minimum atomic E-state index is -0.423. The van der Waals surface area contributed by atoms with Crippen LogP contribution in [0.1, 0.15) is 33.1 Å². The summed E-state index contributed by atoms with van der Waals surface area (Å²) in [5, 5.41) is 14.4. The van der Waals surface area contributed by atoms with E-state index in [-0.39, 0.29) is 5.69 Å². The number of nitro groups is 1. The lowest BCUT2D eigenvalue weighted by Crippen LogP contribution is -2.24. The van der Waals surface area contributed by atoms with Crippen LogP contribution in [-0.4, -0.2) is 18.1 Å². The molecule has 0 spiro atoms. The van der Waals surface area contributed by atoms with Gasteiger partial charge in [-0.25, -0.2) is 0 Å². The highest BCUT2D eigenvalue weighted by Gasteiger charge is 2.31. The first-order valence-electron chi connectivity index (χ1n) is 7.15. The molecule has 5 heteroatoms. The van der Waals surface area contributed by atoms with E-state index in [4.69, 9.17) is 4.74 Å². The summed E-state index contributed by atoms with van der Waals surface area (Å²) >= 11 is 0. The van der Waals surface area contributed by atoms with Crippen LogP contribution in [0.5, 0.6) is 5.75 Å². The third-order valence-electron chi connectivity index (χ3n) is 4.48. The fourth-order valence-corrected chi connectivity index (χ4v) is 3.16. The summed E-state index contributed by atoms with van der Waals surface area (Å²) in [5.74, 6) is 1.70. The largest absolute Gasteiger partial charge is 0.490 e. The first-order chi connectivity index (χ1) is 9.56. The molecule has 0 aliphatic heterocycles. The average molecular weight is 278 g/mol. The number of hydrogen-bond donors (Lipinski definition) is 1. The van der Waals surface area contributed by atoms with Crippen molar-refractivity contribution in [2.45, 2.75) is 39.2 Å². The summed E-state index contributed by atoms with van der Waals surface area (Å²) in [4.78, 5) is 10.5. The highest BCUT2D eigenvalue weighted by molar-refractivity contribution is 5.58. The second kappa shape index (κ2) is 6.11. The predicted octanol–water partition coefficient (Wildman–Crippen LogP) is 3.84. The smallest absolute Gasteiger partial charge is 0.311 e. The van der Waals surface area contributed by atoms with Gasteiger partial charge in [-0.2, -0.15) is 0 Å². The summed E-state index contributed by atoms with van der Waals surface area (Å²) in [6.07, 6.45) is 3.61. The molecule has 0 amide bonds. The van der Waals surface area contributed by atoms with Crippen molar-refractivity contribution in [3.05, 3.63) is 28.3 Å². The molecular formula is C15H22N2O3. The Morgan fingerprint density at radius 1 is 1.45 bits per heavy atom. The van der Waals surface area contributed by atoms with Gasteiger partial charge < -0.3 is 10.1 Å². The molecule has 1 aromatic rings. The van der Waals surface area contributed by atoms with Crippen molar-refractivity contribution >= 4 is 11.4 Å². The van der Waals surface area contributed by atoms with Gasteiger partial charge in [-0.3, -0.25) is 10.1 Å². The fourth-order valence-electron chi connectivity index (χ4n) is 3.16. The second-order valence-corrected chi connectivity index (χ2v) is 5.50. The minimum Gasteiger partial charge on any atom is -0.490 e. The maximum absolute atomic E-state index is 10.9. The van der Waals surface area contributed by atoms with Crippen molar-refractivity contribution in [3.63, 3.8) is 0 Å². The van der Waals surface area contributed by atoms with Gasteiger partial charge in [-0.05, 0) is 30.7 Å². The minimum absolute atomic E-state index is 0.00366. The highest BCUT2D eigenvalue weighted by atomic mass is 16.6. The van der Waals surface area contributed by atoms with Gasteiger partial charge in [0, 0.05) is 23.9 Å². The molecule has 1 aliphatic rings. The van der Waals surface area contributed by atoms with Crippen LogP contribution >= 0.6 is 0 Å². The first-order valence-corrected chi connectivity index (χ1v) is 7.15. The fraction of sp³-hybridized carbons (Fsp3) is 0.600. The van der Waals surface area contributed by atoms with Crippen molar-refractivity contribution in [1.29, 1.82) is 0 Å². The molecule has 3 unspecified atom stereocenters. The van der Waals surface area contributed by atoms with E-state index in [0.717, 1.165) is 18.0 Å². The maximum atomic E-state index is 10.9. The van der Waals surface area contributed by atoms with E-state index >= 15 is 0 Å². The number of hydrogen-bond acceptors (Lipinski definition) is 4. The number of nitrogens with zero attached hydrogens (tertiary/aromatic N) is 1. The second-order valence-electron chi connectivity index (χ2n) is 5.50. The molecule has 5 nitrogen and oxygen atoms in total. The van der Waals surface area contributed by atoms with E-state index in [1.54, 1.807) is 12.1 Å². The van der Waals surface area contributed by atoms with Crippen molar-refractivity contribution in [3.8, 4) is 5.75 Å². The normalized spacial score (nSPS) is 25.4. The lowest BCUT2D eigenvalue weighted by atomic mass is 9.93. The van der Waals surface area contributed by atoms with Crippen molar-refractivity contribution < 1.29 is 9.66 Å². The Hall–Kier alpha value is -1.78. The molecule has 1 aromatic carbocycles. The van der Waals surface area contributed by atoms with Gasteiger partial charge in [-0.15, -0.1) is 0 Å². The first kappa shape index (κ1) is 14.6. The average Bonchev–Trinajstić information content (AvgIpc) is 2.79. The SMILES string of the molecule is CCC1CCC(Nc2ccc([N+](=O)[O-])c(OC)c2)C1C. The van der Waals surface area contributed by atoms with Crippen LogP contribution in [0.25, 0.3) is 0 Å². The zero-order valence-corrected chi connectivity index (χ0v) is 12.3. The summed E-state index contributed by atoms with van der Waals surface area (Å²) in [7, 11) is 1.46. The van der Waals surface area contributed by atoms with Gasteiger partial charge in [0.15, 0.2) is 5.75 Å². The molecule has 1 N–H and O–H groups in total. The van der Waals surface area contributed by atoms with Crippen LogP contribution in [0, 0.1) is 22.0 Å². The molecule has 0 aromatic heterocycles. The van der Waals surface area contributed by atoms with E-state index in [9.17, 15) is 10.1 Å². The number of benzene rings is 1. The summed E-state index contributed by atoms with van der Waals surface area (Å²) in [6, 6.07) is 5.40. The van der Waals surface area contributed by atoms with Crippen LogP contribution in [0.15, 0.2) is 18.2 Å². The third-order valence-corrected chi connectivity index (χ3v) is 4.48. The maximum Gasteiger partial charge on any atom is 0.311 e. The van der Waals surface area contributed by atoms with Gasteiger partial charge in [0.25, 0.3) is 0 Å². The highest BCUT2D eigenvalue weighted by Crippen LogP contribution is 2.37. The molecule has 0 saturated heterocycles.